The van der Waals surface area contributed by atoms with Gasteiger partial charge in [0, 0.05) is 25.0 Å². The topological polar surface area (TPSA) is 25.2 Å². The molecular formula is C13H13ClN2OS. The molecule has 0 aliphatic carbocycles. The summed E-state index contributed by atoms with van der Waals surface area (Å²) in [5.41, 5.74) is 1.19. The number of nitrogens with zero attached hydrogens (tertiary/aromatic N) is 2. The van der Waals surface area contributed by atoms with E-state index in [0.29, 0.717) is 9.21 Å². The summed E-state index contributed by atoms with van der Waals surface area (Å²) in [6, 6.07) is 7.79. The van der Waals surface area contributed by atoms with Crippen LogP contribution in [0.3, 0.4) is 0 Å². The van der Waals surface area contributed by atoms with Gasteiger partial charge in [0.05, 0.1) is 15.3 Å². The van der Waals surface area contributed by atoms with Crippen molar-refractivity contribution in [3.05, 3.63) is 45.4 Å². The zero-order valence-electron chi connectivity index (χ0n) is 9.97. The second-order valence-electron chi connectivity index (χ2n) is 4.40. The number of halogens is 1. The molecule has 3 heterocycles. The standard InChI is InChI=1S/C13H13ClN2OS/c1-9-10-3-2-6-15(10)7-8-16(9)13(17)11-4-5-12(14)18-11/h2-6,9H,7-8H2,1H3/t9-/m0/s1. The van der Waals surface area contributed by atoms with Crippen molar-refractivity contribution in [2.75, 3.05) is 6.54 Å². The predicted octanol–water partition coefficient (Wildman–Crippen LogP) is 3.42. The van der Waals surface area contributed by atoms with Gasteiger partial charge < -0.3 is 9.47 Å². The molecule has 0 spiro atoms. The quantitative estimate of drug-likeness (QED) is 0.786. The van der Waals surface area contributed by atoms with E-state index in [2.05, 4.69) is 23.8 Å². The van der Waals surface area contributed by atoms with E-state index in [1.807, 2.05) is 11.0 Å². The third kappa shape index (κ3) is 1.85. The summed E-state index contributed by atoms with van der Waals surface area (Å²) in [5.74, 6) is 0.0758. The van der Waals surface area contributed by atoms with Gasteiger partial charge in [0.25, 0.3) is 5.91 Å². The normalized spacial score (nSPS) is 18.8. The largest absolute Gasteiger partial charge is 0.348 e. The maximum absolute atomic E-state index is 12.4. The molecule has 1 atom stereocenters. The molecule has 18 heavy (non-hydrogen) atoms. The molecule has 0 aromatic carbocycles. The number of thiophene rings is 1. The van der Waals surface area contributed by atoms with E-state index in [-0.39, 0.29) is 11.9 Å². The minimum absolute atomic E-state index is 0.0758. The molecule has 0 bridgehead atoms. The van der Waals surface area contributed by atoms with Gasteiger partial charge in [-0.25, -0.2) is 0 Å². The van der Waals surface area contributed by atoms with Crippen LogP contribution in [0.5, 0.6) is 0 Å². The second kappa shape index (κ2) is 4.44. The van der Waals surface area contributed by atoms with Crippen molar-refractivity contribution in [3.63, 3.8) is 0 Å². The van der Waals surface area contributed by atoms with Crippen molar-refractivity contribution in [3.8, 4) is 0 Å². The summed E-state index contributed by atoms with van der Waals surface area (Å²) in [6.07, 6.45) is 2.07. The fourth-order valence-electron chi connectivity index (χ4n) is 2.43. The molecule has 0 saturated carbocycles. The Balaban J connectivity index is 1.88. The Morgan fingerprint density at radius 2 is 2.22 bits per heavy atom. The molecule has 2 aromatic rings. The molecule has 0 unspecified atom stereocenters. The summed E-state index contributed by atoms with van der Waals surface area (Å²) in [4.78, 5) is 15.1. The zero-order valence-corrected chi connectivity index (χ0v) is 11.5. The Morgan fingerprint density at radius 1 is 1.39 bits per heavy atom. The van der Waals surface area contributed by atoms with Gasteiger partial charge in [0.15, 0.2) is 0 Å². The van der Waals surface area contributed by atoms with E-state index >= 15 is 0 Å². The first kappa shape index (κ1) is 11.8. The smallest absolute Gasteiger partial charge is 0.264 e. The lowest BCUT2D eigenvalue weighted by Crippen LogP contribution is -2.40. The third-order valence-corrected chi connectivity index (χ3v) is 4.61. The monoisotopic (exact) mass is 280 g/mol. The fraction of sp³-hybridized carbons (Fsp3) is 0.308. The van der Waals surface area contributed by atoms with Crippen LogP contribution in [-0.2, 0) is 6.54 Å². The van der Waals surface area contributed by atoms with E-state index in [1.165, 1.54) is 17.0 Å². The van der Waals surface area contributed by atoms with Crippen molar-refractivity contribution >= 4 is 28.8 Å². The van der Waals surface area contributed by atoms with Crippen LogP contribution < -0.4 is 0 Å². The summed E-state index contributed by atoms with van der Waals surface area (Å²) < 4.78 is 2.86. The Kier molecular flexibility index (Phi) is 2.92. The number of amides is 1. The van der Waals surface area contributed by atoms with Crippen LogP contribution in [0, 0.1) is 0 Å². The first-order chi connectivity index (χ1) is 8.66. The Hall–Kier alpha value is -1.26. The minimum atomic E-state index is 0.0758. The molecule has 1 aliphatic heterocycles. The average Bonchev–Trinajstić information content (AvgIpc) is 2.97. The van der Waals surface area contributed by atoms with E-state index in [9.17, 15) is 4.79 Å². The predicted molar refractivity (Wildman–Crippen MR) is 73.2 cm³/mol. The molecule has 0 N–H and O–H groups in total. The number of carbonyl (C=O) groups excluding carboxylic acids is 1. The minimum Gasteiger partial charge on any atom is -0.348 e. The van der Waals surface area contributed by atoms with Gasteiger partial charge in [-0.3, -0.25) is 4.79 Å². The number of fused-ring (bicyclic) bond motifs is 1. The van der Waals surface area contributed by atoms with E-state index in [4.69, 9.17) is 11.6 Å². The highest BCUT2D eigenvalue weighted by atomic mass is 35.5. The highest BCUT2D eigenvalue weighted by molar-refractivity contribution is 7.17. The van der Waals surface area contributed by atoms with Gasteiger partial charge in [-0.15, -0.1) is 11.3 Å². The van der Waals surface area contributed by atoms with Gasteiger partial charge in [0.2, 0.25) is 0 Å². The molecule has 2 aromatic heterocycles. The van der Waals surface area contributed by atoms with E-state index in [1.54, 1.807) is 12.1 Å². The summed E-state index contributed by atoms with van der Waals surface area (Å²) in [6.45, 7) is 3.67. The number of aromatic nitrogens is 1. The van der Waals surface area contributed by atoms with Gasteiger partial charge in [-0.1, -0.05) is 11.6 Å². The number of hydrogen-bond donors (Lipinski definition) is 0. The first-order valence-electron chi connectivity index (χ1n) is 5.88. The maximum Gasteiger partial charge on any atom is 0.264 e. The molecular weight excluding hydrogens is 268 g/mol. The summed E-state index contributed by atoms with van der Waals surface area (Å²) in [5, 5.41) is 0. The lowest BCUT2D eigenvalue weighted by Gasteiger charge is -2.34. The molecule has 3 nitrogen and oxygen atoms in total. The molecule has 0 radical (unpaired) electrons. The van der Waals surface area contributed by atoms with Gasteiger partial charge in [0.1, 0.15) is 0 Å². The Labute approximate surface area is 115 Å². The molecule has 5 heteroatoms. The van der Waals surface area contributed by atoms with E-state index in [0.717, 1.165) is 13.1 Å². The van der Waals surface area contributed by atoms with Crippen molar-refractivity contribution in [2.24, 2.45) is 0 Å². The summed E-state index contributed by atoms with van der Waals surface area (Å²) >= 11 is 7.23. The van der Waals surface area contributed by atoms with E-state index < -0.39 is 0 Å². The lowest BCUT2D eigenvalue weighted by atomic mass is 10.1. The zero-order chi connectivity index (χ0) is 12.7. The molecule has 3 rings (SSSR count). The maximum atomic E-state index is 12.4. The van der Waals surface area contributed by atoms with Crippen molar-refractivity contribution < 1.29 is 4.79 Å². The molecule has 0 fully saturated rings. The fourth-order valence-corrected chi connectivity index (χ4v) is 3.43. The number of rotatable bonds is 1. The van der Waals surface area contributed by atoms with Crippen molar-refractivity contribution in [2.45, 2.75) is 19.5 Å². The van der Waals surface area contributed by atoms with Gasteiger partial charge in [-0.05, 0) is 31.2 Å². The highest BCUT2D eigenvalue weighted by Crippen LogP contribution is 2.29. The first-order valence-corrected chi connectivity index (χ1v) is 7.07. The van der Waals surface area contributed by atoms with Crippen LogP contribution in [0.4, 0.5) is 0 Å². The Morgan fingerprint density at radius 3 is 2.94 bits per heavy atom. The van der Waals surface area contributed by atoms with Crippen molar-refractivity contribution in [1.82, 2.24) is 9.47 Å². The third-order valence-electron chi connectivity index (χ3n) is 3.39. The number of hydrogen-bond acceptors (Lipinski definition) is 2. The molecule has 94 valence electrons. The summed E-state index contributed by atoms with van der Waals surface area (Å²) in [7, 11) is 0. The van der Waals surface area contributed by atoms with Crippen LogP contribution in [-0.4, -0.2) is 21.9 Å². The SMILES string of the molecule is C[C@H]1c2cccn2CCN1C(=O)c1ccc(Cl)s1. The van der Waals surface area contributed by atoms with Crippen molar-refractivity contribution in [1.29, 1.82) is 0 Å². The van der Waals surface area contributed by atoms with Crippen LogP contribution in [0.2, 0.25) is 4.34 Å². The van der Waals surface area contributed by atoms with Crippen LogP contribution in [0.15, 0.2) is 30.5 Å². The number of carbonyl (C=O) groups is 1. The van der Waals surface area contributed by atoms with Gasteiger partial charge in [-0.2, -0.15) is 0 Å². The average molecular weight is 281 g/mol. The molecule has 1 aliphatic rings. The molecule has 1 amide bonds. The lowest BCUT2D eigenvalue weighted by molar-refractivity contribution is 0.0649. The van der Waals surface area contributed by atoms with Crippen LogP contribution >= 0.6 is 22.9 Å². The Bertz CT molecular complexity index is 589. The highest BCUT2D eigenvalue weighted by Gasteiger charge is 2.28. The van der Waals surface area contributed by atoms with Crippen LogP contribution in [0.25, 0.3) is 0 Å². The van der Waals surface area contributed by atoms with Gasteiger partial charge >= 0.3 is 0 Å². The second-order valence-corrected chi connectivity index (χ2v) is 6.12. The molecule has 0 saturated heterocycles. The van der Waals surface area contributed by atoms with Crippen LogP contribution in [0.1, 0.15) is 28.3 Å².